The molecule has 1 saturated heterocycles. The molecule has 1 unspecified atom stereocenters. The highest BCUT2D eigenvalue weighted by Gasteiger charge is 2.21. The van der Waals surface area contributed by atoms with Crippen LogP contribution in [0.5, 0.6) is 0 Å². The molecule has 4 heteroatoms. The van der Waals surface area contributed by atoms with Gasteiger partial charge in [0, 0.05) is 17.0 Å². The van der Waals surface area contributed by atoms with Gasteiger partial charge in [-0.3, -0.25) is 4.79 Å². The third kappa shape index (κ3) is 4.53. The van der Waals surface area contributed by atoms with Crippen LogP contribution in [0.3, 0.4) is 0 Å². The van der Waals surface area contributed by atoms with E-state index >= 15 is 0 Å². The minimum absolute atomic E-state index is 0.132. The second-order valence-corrected chi connectivity index (χ2v) is 6.43. The molecule has 0 bridgehead atoms. The summed E-state index contributed by atoms with van der Waals surface area (Å²) < 4.78 is 0. The second-order valence-electron chi connectivity index (χ2n) is 5.55. The van der Waals surface area contributed by atoms with Crippen LogP contribution in [0.1, 0.15) is 26.2 Å². The molecule has 20 heavy (non-hydrogen) atoms. The highest BCUT2D eigenvalue weighted by atomic mass is 32.2. The van der Waals surface area contributed by atoms with Crippen molar-refractivity contribution in [2.75, 3.05) is 24.7 Å². The van der Waals surface area contributed by atoms with Crippen LogP contribution in [-0.4, -0.2) is 25.3 Å². The van der Waals surface area contributed by atoms with Gasteiger partial charge >= 0.3 is 0 Å². The van der Waals surface area contributed by atoms with Gasteiger partial charge in [0.25, 0.3) is 0 Å². The van der Waals surface area contributed by atoms with Crippen molar-refractivity contribution >= 4 is 23.4 Å². The van der Waals surface area contributed by atoms with Gasteiger partial charge in [0.2, 0.25) is 5.91 Å². The smallest absolute Gasteiger partial charge is 0.224 e. The zero-order chi connectivity index (χ0) is 14.4. The van der Waals surface area contributed by atoms with Crippen molar-refractivity contribution in [3.8, 4) is 0 Å². The molecular weight excluding hydrogens is 268 g/mol. The summed E-state index contributed by atoms with van der Waals surface area (Å²) in [5.74, 6) is 1.27. The highest BCUT2D eigenvalue weighted by molar-refractivity contribution is 7.98. The van der Waals surface area contributed by atoms with Crippen molar-refractivity contribution in [3.63, 3.8) is 0 Å². The Hall–Kier alpha value is -1.00. The lowest BCUT2D eigenvalue weighted by molar-refractivity contribution is -0.117. The topological polar surface area (TPSA) is 41.1 Å². The Morgan fingerprint density at radius 3 is 2.60 bits per heavy atom. The van der Waals surface area contributed by atoms with Crippen molar-refractivity contribution < 1.29 is 4.79 Å². The minimum atomic E-state index is 0.132. The molecule has 0 spiro atoms. The van der Waals surface area contributed by atoms with Gasteiger partial charge in [-0.25, -0.2) is 0 Å². The molecule has 1 amide bonds. The van der Waals surface area contributed by atoms with E-state index in [9.17, 15) is 4.79 Å². The Morgan fingerprint density at radius 1 is 1.35 bits per heavy atom. The quantitative estimate of drug-likeness (QED) is 0.818. The maximum absolute atomic E-state index is 12.1. The van der Waals surface area contributed by atoms with Crippen LogP contribution in [0.4, 0.5) is 5.69 Å². The summed E-state index contributed by atoms with van der Waals surface area (Å²) in [7, 11) is 0. The van der Waals surface area contributed by atoms with Gasteiger partial charge in [-0.1, -0.05) is 6.92 Å². The molecular formula is C16H24N2OS. The van der Waals surface area contributed by atoms with E-state index in [2.05, 4.69) is 17.6 Å². The Balaban J connectivity index is 1.81. The molecule has 2 rings (SSSR count). The first kappa shape index (κ1) is 15.4. The Morgan fingerprint density at radius 2 is 2.00 bits per heavy atom. The zero-order valence-electron chi connectivity index (χ0n) is 12.3. The molecule has 1 heterocycles. The number of piperidine rings is 1. The van der Waals surface area contributed by atoms with E-state index in [0.29, 0.717) is 18.3 Å². The van der Waals surface area contributed by atoms with Crippen molar-refractivity contribution in [1.82, 2.24) is 5.32 Å². The van der Waals surface area contributed by atoms with Gasteiger partial charge in [0.1, 0.15) is 0 Å². The van der Waals surface area contributed by atoms with E-state index in [1.54, 1.807) is 11.8 Å². The molecule has 1 fully saturated rings. The molecule has 3 nitrogen and oxygen atoms in total. The van der Waals surface area contributed by atoms with Crippen LogP contribution in [0.2, 0.25) is 0 Å². The van der Waals surface area contributed by atoms with E-state index in [4.69, 9.17) is 0 Å². The monoisotopic (exact) mass is 292 g/mol. The van der Waals surface area contributed by atoms with Gasteiger partial charge in [-0.05, 0) is 68.3 Å². The van der Waals surface area contributed by atoms with Gasteiger partial charge < -0.3 is 10.6 Å². The number of hydrogen-bond acceptors (Lipinski definition) is 3. The van der Waals surface area contributed by atoms with Crippen LogP contribution >= 0.6 is 11.8 Å². The summed E-state index contributed by atoms with van der Waals surface area (Å²) in [5.41, 5.74) is 0.894. The fourth-order valence-electron chi connectivity index (χ4n) is 2.76. The SMILES string of the molecule is CSc1ccc(NC(=O)CC(C)C2CCNCC2)cc1. The molecule has 0 aromatic heterocycles. The molecule has 1 aliphatic rings. The number of thioether (sulfide) groups is 1. The van der Waals surface area contributed by atoms with Crippen molar-refractivity contribution in [1.29, 1.82) is 0 Å². The number of amides is 1. The molecule has 0 radical (unpaired) electrons. The van der Waals surface area contributed by atoms with Gasteiger partial charge in [0.15, 0.2) is 0 Å². The van der Waals surface area contributed by atoms with Crippen molar-refractivity contribution in [3.05, 3.63) is 24.3 Å². The summed E-state index contributed by atoms with van der Waals surface area (Å²) in [6, 6.07) is 8.02. The molecule has 2 N–H and O–H groups in total. The molecule has 1 aliphatic heterocycles. The number of nitrogens with one attached hydrogen (secondary N) is 2. The van der Waals surface area contributed by atoms with E-state index < -0.39 is 0 Å². The second kappa shape index (κ2) is 7.70. The summed E-state index contributed by atoms with van der Waals surface area (Å²) in [4.78, 5) is 13.3. The molecule has 1 aromatic carbocycles. The largest absolute Gasteiger partial charge is 0.326 e. The normalized spacial score (nSPS) is 17.7. The third-order valence-electron chi connectivity index (χ3n) is 4.07. The number of hydrogen-bond donors (Lipinski definition) is 2. The van der Waals surface area contributed by atoms with Gasteiger partial charge in [0.05, 0.1) is 0 Å². The first-order chi connectivity index (χ1) is 9.69. The van der Waals surface area contributed by atoms with Crippen LogP contribution < -0.4 is 10.6 Å². The predicted molar refractivity (Wildman–Crippen MR) is 86.2 cm³/mol. The van der Waals surface area contributed by atoms with E-state index in [0.717, 1.165) is 18.8 Å². The molecule has 0 saturated carbocycles. The van der Waals surface area contributed by atoms with E-state index in [1.807, 2.05) is 30.5 Å². The number of carbonyl (C=O) groups excluding carboxylic acids is 1. The van der Waals surface area contributed by atoms with Crippen LogP contribution in [0.15, 0.2) is 29.2 Å². The van der Waals surface area contributed by atoms with Gasteiger partial charge in [-0.2, -0.15) is 0 Å². The fraction of sp³-hybridized carbons (Fsp3) is 0.562. The Labute approximate surface area is 125 Å². The van der Waals surface area contributed by atoms with E-state index in [1.165, 1.54) is 17.7 Å². The highest BCUT2D eigenvalue weighted by Crippen LogP contribution is 2.25. The number of carbonyl (C=O) groups is 1. The zero-order valence-corrected chi connectivity index (χ0v) is 13.1. The lowest BCUT2D eigenvalue weighted by Gasteiger charge is -2.27. The molecule has 110 valence electrons. The molecule has 1 atom stereocenters. The maximum atomic E-state index is 12.1. The average Bonchev–Trinajstić information content (AvgIpc) is 2.49. The fourth-order valence-corrected chi connectivity index (χ4v) is 3.17. The standard InChI is InChI=1S/C16H24N2OS/c1-12(13-7-9-17-10-8-13)11-16(19)18-14-3-5-15(20-2)6-4-14/h3-6,12-13,17H,7-11H2,1-2H3,(H,18,19). The number of rotatable bonds is 5. The maximum Gasteiger partial charge on any atom is 0.224 e. The molecule has 0 aliphatic carbocycles. The first-order valence-corrected chi connectivity index (χ1v) is 8.56. The van der Waals surface area contributed by atoms with Crippen LogP contribution in [0, 0.1) is 11.8 Å². The summed E-state index contributed by atoms with van der Waals surface area (Å²) in [6.07, 6.45) is 5.05. The molecule has 1 aromatic rings. The predicted octanol–water partition coefficient (Wildman–Crippen LogP) is 3.37. The first-order valence-electron chi connectivity index (χ1n) is 7.33. The van der Waals surface area contributed by atoms with Crippen LogP contribution in [-0.2, 0) is 4.79 Å². The average molecular weight is 292 g/mol. The Bertz CT molecular complexity index is 427. The number of anilines is 1. The van der Waals surface area contributed by atoms with Crippen molar-refractivity contribution in [2.24, 2.45) is 11.8 Å². The Kier molecular flexibility index (Phi) is 5.92. The number of benzene rings is 1. The lowest BCUT2D eigenvalue weighted by atomic mass is 9.84. The minimum Gasteiger partial charge on any atom is -0.326 e. The lowest BCUT2D eigenvalue weighted by Crippen LogP contribution is -2.32. The summed E-state index contributed by atoms with van der Waals surface area (Å²) in [5, 5.41) is 6.37. The van der Waals surface area contributed by atoms with Crippen molar-refractivity contribution in [2.45, 2.75) is 31.1 Å². The third-order valence-corrected chi connectivity index (χ3v) is 4.81. The summed E-state index contributed by atoms with van der Waals surface area (Å²) >= 11 is 1.71. The van der Waals surface area contributed by atoms with Gasteiger partial charge in [-0.15, -0.1) is 11.8 Å². The summed E-state index contributed by atoms with van der Waals surface area (Å²) in [6.45, 7) is 4.38. The van der Waals surface area contributed by atoms with E-state index in [-0.39, 0.29) is 5.91 Å². The van der Waals surface area contributed by atoms with Crippen LogP contribution in [0.25, 0.3) is 0 Å².